The summed E-state index contributed by atoms with van der Waals surface area (Å²) >= 11 is 0. The molecule has 4 rings (SSSR count). The molecule has 6 nitrogen and oxygen atoms in total. The number of carbonyl (C=O) groups is 2. The number of benzene rings is 3. The van der Waals surface area contributed by atoms with Crippen LogP contribution in [0.15, 0.2) is 66.7 Å². The lowest BCUT2D eigenvalue weighted by molar-refractivity contribution is 0.181. The molecule has 3 N–H and O–H groups in total. The van der Waals surface area contributed by atoms with Crippen molar-refractivity contribution in [3.8, 4) is 0 Å². The second-order valence-corrected chi connectivity index (χ2v) is 8.07. The second-order valence-electron chi connectivity index (χ2n) is 8.07. The van der Waals surface area contributed by atoms with Gasteiger partial charge in [-0.1, -0.05) is 42.5 Å². The number of amides is 4. The molecule has 1 heterocycles. The molecule has 0 radical (unpaired) electrons. The van der Waals surface area contributed by atoms with Gasteiger partial charge in [0.25, 0.3) is 0 Å². The number of nitrogens with one attached hydrogen (secondary N) is 3. The summed E-state index contributed by atoms with van der Waals surface area (Å²) in [6, 6.07) is 19.6. The highest BCUT2D eigenvalue weighted by Gasteiger charge is 2.23. The van der Waals surface area contributed by atoms with Crippen LogP contribution in [0.1, 0.15) is 18.4 Å². The van der Waals surface area contributed by atoms with Gasteiger partial charge in [-0.15, -0.1) is 0 Å². The van der Waals surface area contributed by atoms with Crippen LogP contribution in [-0.4, -0.2) is 36.6 Å². The number of anilines is 1. The minimum atomic E-state index is -0.336. The molecule has 32 heavy (non-hydrogen) atoms. The Balaban J connectivity index is 1.18. The number of fused-ring (bicyclic) bond motifs is 1. The maximum atomic E-state index is 13.0. The van der Waals surface area contributed by atoms with E-state index >= 15 is 0 Å². The van der Waals surface area contributed by atoms with Crippen LogP contribution in [0.2, 0.25) is 0 Å². The lowest BCUT2D eigenvalue weighted by Gasteiger charge is -2.32. The summed E-state index contributed by atoms with van der Waals surface area (Å²) in [4.78, 5) is 26.4. The van der Waals surface area contributed by atoms with Crippen LogP contribution in [0.3, 0.4) is 0 Å². The maximum Gasteiger partial charge on any atom is 0.321 e. The number of piperidine rings is 1. The standard InChI is InChI=1S/C25H27FN4O2/c26-21-8-10-22(11-9-21)29-25(32)30-14-12-18(13-15-30)16-27-24(31)28-17-20-6-3-5-19-4-1-2-7-23(19)20/h1-11,18H,12-17H2,(H,29,32)(H2,27,28,31). The monoisotopic (exact) mass is 434 g/mol. The highest BCUT2D eigenvalue weighted by Crippen LogP contribution is 2.19. The van der Waals surface area contributed by atoms with Crippen molar-refractivity contribution in [3.63, 3.8) is 0 Å². The largest absolute Gasteiger partial charge is 0.338 e. The van der Waals surface area contributed by atoms with Gasteiger partial charge in [0.1, 0.15) is 5.82 Å². The Kier molecular flexibility index (Phi) is 6.84. The van der Waals surface area contributed by atoms with E-state index in [1.165, 1.54) is 12.1 Å². The molecular formula is C25H27FN4O2. The Bertz CT molecular complexity index is 1070. The van der Waals surface area contributed by atoms with Crippen molar-refractivity contribution >= 4 is 28.5 Å². The Morgan fingerprint density at radius 3 is 2.41 bits per heavy atom. The van der Waals surface area contributed by atoms with Crippen molar-refractivity contribution in [2.75, 3.05) is 25.0 Å². The average Bonchev–Trinajstić information content (AvgIpc) is 2.83. The molecule has 0 unspecified atom stereocenters. The summed E-state index contributed by atoms with van der Waals surface area (Å²) < 4.78 is 13.0. The average molecular weight is 435 g/mol. The number of hydrogen-bond acceptors (Lipinski definition) is 2. The van der Waals surface area contributed by atoms with Crippen LogP contribution >= 0.6 is 0 Å². The fourth-order valence-corrected chi connectivity index (χ4v) is 4.00. The van der Waals surface area contributed by atoms with Gasteiger partial charge in [-0.3, -0.25) is 0 Å². The van der Waals surface area contributed by atoms with E-state index in [4.69, 9.17) is 0 Å². The van der Waals surface area contributed by atoms with Crippen LogP contribution in [0.25, 0.3) is 10.8 Å². The maximum absolute atomic E-state index is 13.0. The van der Waals surface area contributed by atoms with Crippen LogP contribution in [0.5, 0.6) is 0 Å². The summed E-state index contributed by atoms with van der Waals surface area (Å²) in [5.74, 6) is -0.00866. The molecule has 1 aliphatic heterocycles. The summed E-state index contributed by atoms with van der Waals surface area (Å²) in [7, 11) is 0. The smallest absolute Gasteiger partial charge is 0.321 e. The molecule has 0 aliphatic carbocycles. The van der Waals surface area contributed by atoms with E-state index in [2.05, 4.69) is 34.1 Å². The number of halogens is 1. The summed E-state index contributed by atoms with van der Waals surface area (Å²) in [6.07, 6.45) is 1.64. The van der Waals surface area contributed by atoms with Crippen LogP contribution in [0.4, 0.5) is 19.7 Å². The molecule has 0 saturated carbocycles. The van der Waals surface area contributed by atoms with Gasteiger partial charge in [-0.2, -0.15) is 0 Å². The SMILES string of the molecule is O=C(NCc1cccc2ccccc12)NCC1CCN(C(=O)Nc2ccc(F)cc2)CC1. The Morgan fingerprint density at radius 1 is 0.906 bits per heavy atom. The predicted molar refractivity (Wildman–Crippen MR) is 124 cm³/mol. The van der Waals surface area contributed by atoms with Gasteiger partial charge in [-0.05, 0) is 59.4 Å². The van der Waals surface area contributed by atoms with Crippen molar-refractivity contribution in [3.05, 3.63) is 78.1 Å². The fraction of sp³-hybridized carbons (Fsp3) is 0.280. The molecule has 3 aromatic carbocycles. The van der Waals surface area contributed by atoms with Crippen molar-refractivity contribution in [1.82, 2.24) is 15.5 Å². The minimum Gasteiger partial charge on any atom is -0.338 e. The zero-order valence-electron chi connectivity index (χ0n) is 17.8. The number of likely N-dealkylation sites (tertiary alicyclic amines) is 1. The molecule has 0 aromatic heterocycles. The third-order valence-electron chi connectivity index (χ3n) is 5.87. The number of urea groups is 2. The van der Waals surface area contributed by atoms with E-state index in [0.29, 0.717) is 37.8 Å². The van der Waals surface area contributed by atoms with Crippen LogP contribution in [-0.2, 0) is 6.54 Å². The number of hydrogen-bond donors (Lipinski definition) is 3. The fourth-order valence-electron chi connectivity index (χ4n) is 4.00. The van der Waals surface area contributed by atoms with E-state index < -0.39 is 0 Å². The Morgan fingerprint density at radius 2 is 1.62 bits per heavy atom. The predicted octanol–water partition coefficient (Wildman–Crippen LogP) is 4.72. The van der Waals surface area contributed by atoms with Crippen molar-refractivity contribution in [2.24, 2.45) is 5.92 Å². The normalized spacial score (nSPS) is 14.2. The van der Waals surface area contributed by atoms with Crippen LogP contribution in [0, 0.1) is 11.7 Å². The lowest BCUT2D eigenvalue weighted by Crippen LogP contribution is -2.44. The minimum absolute atomic E-state index is 0.184. The van der Waals surface area contributed by atoms with E-state index in [-0.39, 0.29) is 17.9 Å². The first-order valence-electron chi connectivity index (χ1n) is 10.9. The van der Waals surface area contributed by atoms with Gasteiger partial charge in [0.15, 0.2) is 0 Å². The topological polar surface area (TPSA) is 73.5 Å². The number of nitrogens with zero attached hydrogens (tertiary/aromatic N) is 1. The second kappa shape index (κ2) is 10.1. The molecule has 3 aromatic rings. The molecule has 1 saturated heterocycles. The van der Waals surface area contributed by atoms with Gasteiger partial charge < -0.3 is 20.9 Å². The van der Waals surface area contributed by atoms with Gasteiger partial charge in [0, 0.05) is 31.9 Å². The van der Waals surface area contributed by atoms with Gasteiger partial charge in [0.2, 0.25) is 0 Å². The lowest BCUT2D eigenvalue weighted by atomic mass is 9.97. The highest BCUT2D eigenvalue weighted by atomic mass is 19.1. The quantitative estimate of drug-likeness (QED) is 0.544. The van der Waals surface area contributed by atoms with Gasteiger partial charge in [-0.25, -0.2) is 14.0 Å². The highest BCUT2D eigenvalue weighted by molar-refractivity contribution is 5.89. The first-order chi connectivity index (χ1) is 15.6. The molecule has 0 bridgehead atoms. The molecule has 1 fully saturated rings. The van der Waals surface area contributed by atoms with Crippen molar-refractivity contribution < 1.29 is 14.0 Å². The molecule has 1 aliphatic rings. The summed E-state index contributed by atoms with van der Waals surface area (Å²) in [5, 5.41) is 11.0. The Labute approximate surface area is 186 Å². The van der Waals surface area contributed by atoms with Crippen molar-refractivity contribution in [2.45, 2.75) is 19.4 Å². The molecule has 166 valence electrons. The van der Waals surface area contributed by atoms with E-state index in [0.717, 1.165) is 29.2 Å². The van der Waals surface area contributed by atoms with Crippen molar-refractivity contribution in [1.29, 1.82) is 0 Å². The zero-order valence-corrected chi connectivity index (χ0v) is 17.8. The zero-order chi connectivity index (χ0) is 22.3. The molecule has 0 atom stereocenters. The van der Waals surface area contributed by atoms with E-state index in [1.807, 2.05) is 24.3 Å². The van der Waals surface area contributed by atoms with E-state index in [1.54, 1.807) is 17.0 Å². The van der Waals surface area contributed by atoms with Crippen LogP contribution < -0.4 is 16.0 Å². The molecule has 4 amide bonds. The summed E-state index contributed by atoms with van der Waals surface area (Å²) in [6.45, 7) is 2.29. The molecule has 7 heteroatoms. The number of rotatable bonds is 5. The number of carbonyl (C=O) groups excluding carboxylic acids is 2. The third-order valence-corrected chi connectivity index (χ3v) is 5.87. The molecular weight excluding hydrogens is 407 g/mol. The Hall–Kier alpha value is -3.61. The first kappa shape index (κ1) is 21.6. The van der Waals surface area contributed by atoms with Gasteiger partial charge in [0.05, 0.1) is 0 Å². The van der Waals surface area contributed by atoms with Gasteiger partial charge >= 0.3 is 12.1 Å². The molecule has 0 spiro atoms. The van der Waals surface area contributed by atoms with E-state index in [9.17, 15) is 14.0 Å². The first-order valence-corrected chi connectivity index (χ1v) is 10.9. The summed E-state index contributed by atoms with van der Waals surface area (Å²) in [5.41, 5.74) is 1.65. The third kappa shape index (κ3) is 5.55.